The van der Waals surface area contributed by atoms with Gasteiger partial charge in [-0.3, -0.25) is 4.90 Å². The number of piperidine rings is 1. The van der Waals surface area contributed by atoms with Gasteiger partial charge >= 0.3 is 0 Å². The van der Waals surface area contributed by atoms with Crippen LogP contribution in [0.3, 0.4) is 0 Å². The van der Waals surface area contributed by atoms with Gasteiger partial charge in [0.1, 0.15) is 17.9 Å². The molecule has 4 N–H and O–H groups in total. The van der Waals surface area contributed by atoms with Crippen LogP contribution in [0, 0.1) is 0 Å². The molecular formula is C8H15NO4. The van der Waals surface area contributed by atoms with Crippen molar-refractivity contribution in [3.63, 3.8) is 0 Å². The maximum Gasteiger partial charge on any atom is 0.147 e. The van der Waals surface area contributed by atoms with E-state index in [2.05, 4.69) is 0 Å². The van der Waals surface area contributed by atoms with E-state index in [1.807, 2.05) is 0 Å². The van der Waals surface area contributed by atoms with Crippen LogP contribution in [0.5, 0.6) is 0 Å². The van der Waals surface area contributed by atoms with E-state index in [-0.39, 0.29) is 6.04 Å². The first-order valence-electron chi connectivity index (χ1n) is 4.48. The van der Waals surface area contributed by atoms with Gasteiger partial charge < -0.3 is 20.4 Å². The predicted octanol–water partition coefficient (Wildman–Crippen LogP) is -2.13. The van der Waals surface area contributed by atoms with Gasteiger partial charge in [-0.05, 0) is 19.9 Å². The van der Waals surface area contributed by atoms with Crippen molar-refractivity contribution in [2.45, 2.75) is 42.9 Å². The van der Waals surface area contributed by atoms with Crippen LogP contribution in [-0.4, -0.2) is 62.5 Å². The highest BCUT2D eigenvalue weighted by atomic mass is 16.4. The SMILES string of the molecule is CN1C2CCC1(O)C(O)C(O)C2O. The molecule has 0 aromatic carbocycles. The predicted molar refractivity (Wildman–Crippen MR) is 43.8 cm³/mol. The molecule has 5 nitrogen and oxygen atoms in total. The van der Waals surface area contributed by atoms with Crippen molar-refractivity contribution in [3.8, 4) is 0 Å². The summed E-state index contributed by atoms with van der Waals surface area (Å²) >= 11 is 0. The molecule has 2 fully saturated rings. The first-order chi connectivity index (χ1) is 5.98. The molecule has 0 spiro atoms. The Labute approximate surface area is 76.2 Å². The smallest absolute Gasteiger partial charge is 0.147 e. The molecule has 5 heteroatoms. The number of hydrogen-bond acceptors (Lipinski definition) is 5. The quantitative estimate of drug-likeness (QED) is 0.350. The standard InChI is InChI=1S/C8H15NO4/c1-9-4-2-3-8(9,13)7(12)6(11)5(4)10/h4-7,10-13H,2-3H2,1H3. The molecule has 2 bridgehead atoms. The van der Waals surface area contributed by atoms with Gasteiger partial charge in [0.05, 0.1) is 6.10 Å². The molecule has 0 aliphatic carbocycles. The van der Waals surface area contributed by atoms with Crippen LogP contribution in [0.25, 0.3) is 0 Å². The third-order valence-corrected chi connectivity index (χ3v) is 3.46. The summed E-state index contributed by atoms with van der Waals surface area (Å²) in [6.45, 7) is 0. The average molecular weight is 189 g/mol. The minimum Gasteiger partial charge on any atom is -0.389 e. The molecule has 13 heavy (non-hydrogen) atoms. The Morgan fingerprint density at radius 3 is 2.46 bits per heavy atom. The van der Waals surface area contributed by atoms with Crippen molar-refractivity contribution < 1.29 is 20.4 Å². The van der Waals surface area contributed by atoms with Crippen LogP contribution in [-0.2, 0) is 0 Å². The average Bonchev–Trinajstić information content (AvgIpc) is 2.37. The molecule has 0 aromatic heterocycles. The van der Waals surface area contributed by atoms with E-state index in [1.165, 1.54) is 0 Å². The van der Waals surface area contributed by atoms with Crippen molar-refractivity contribution in [3.05, 3.63) is 0 Å². The minimum atomic E-state index is -1.36. The second-order valence-corrected chi connectivity index (χ2v) is 4.02. The van der Waals surface area contributed by atoms with Crippen LogP contribution in [0.15, 0.2) is 0 Å². The molecular weight excluding hydrogens is 174 g/mol. The number of nitrogens with zero attached hydrogens (tertiary/aromatic N) is 1. The Hall–Kier alpha value is -0.200. The summed E-state index contributed by atoms with van der Waals surface area (Å²) in [4.78, 5) is 1.55. The number of aliphatic hydroxyl groups is 4. The summed E-state index contributed by atoms with van der Waals surface area (Å²) in [5.41, 5.74) is -1.36. The van der Waals surface area contributed by atoms with Gasteiger partial charge in [-0.25, -0.2) is 0 Å². The summed E-state index contributed by atoms with van der Waals surface area (Å²) in [6.07, 6.45) is -2.51. The number of aliphatic hydroxyl groups excluding tert-OH is 3. The number of hydrogen-bond donors (Lipinski definition) is 4. The molecule has 0 aromatic rings. The lowest BCUT2D eigenvalue weighted by molar-refractivity contribution is -0.243. The highest BCUT2D eigenvalue weighted by Crippen LogP contribution is 2.41. The molecule has 2 heterocycles. The van der Waals surface area contributed by atoms with E-state index < -0.39 is 24.0 Å². The highest BCUT2D eigenvalue weighted by molar-refractivity contribution is 5.08. The zero-order valence-electron chi connectivity index (χ0n) is 7.46. The van der Waals surface area contributed by atoms with Crippen molar-refractivity contribution in [2.24, 2.45) is 0 Å². The second-order valence-electron chi connectivity index (χ2n) is 4.02. The lowest BCUT2D eigenvalue weighted by Crippen LogP contribution is -2.67. The lowest BCUT2D eigenvalue weighted by Gasteiger charge is -2.46. The van der Waals surface area contributed by atoms with Crippen LogP contribution in [0.1, 0.15) is 12.8 Å². The second kappa shape index (κ2) is 2.65. The fraction of sp³-hybridized carbons (Fsp3) is 1.00. The normalized spacial score (nSPS) is 57.0. The number of rotatable bonds is 0. The third-order valence-electron chi connectivity index (χ3n) is 3.46. The zero-order valence-corrected chi connectivity index (χ0v) is 7.46. The van der Waals surface area contributed by atoms with Gasteiger partial charge in [0.15, 0.2) is 0 Å². The molecule has 0 saturated carbocycles. The van der Waals surface area contributed by atoms with Crippen LogP contribution in [0.2, 0.25) is 0 Å². The van der Waals surface area contributed by atoms with Crippen LogP contribution >= 0.6 is 0 Å². The van der Waals surface area contributed by atoms with Gasteiger partial charge in [0.25, 0.3) is 0 Å². The Kier molecular flexibility index (Phi) is 1.91. The molecule has 2 aliphatic rings. The molecule has 2 saturated heterocycles. The summed E-state index contributed by atoms with van der Waals surface area (Å²) < 4.78 is 0. The maximum atomic E-state index is 9.95. The maximum absolute atomic E-state index is 9.95. The Bertz CT molecular complexity index is 222. The molecule has 2 rings (SSSR count). The molecule has 0 amide bonds. The monoisotopic (exact) mass is 189 g/mol. The summed E-state index contributed by atoms with van der Waals surface area (Å²) in [5, 5.41) is 38.5. The topological polar surface area (TPSA) is 84.2 Å². The summed E-state index contributed by atoms with van der Waals surface area (Å²) in [5.74, 6) is 0. The van der Waals surface area contributed by atoms with Gasteiger partial charge in [-0.15, -0.1) is 0 Å². The van der Waals surface area contributed by atoms with E-state index in [9.17, 15) is 20.4 Å². The lowest BCUT2D eigenvalue weighted by atomic mass is 9.92. The largest absolute Gasteiger partial charge is 0.389 e. The summed E-state index contributed by atoms with van der Waals surface area (Å²) in [7, 11) is 1.65. The molecule has 0 radical (unpaired) electrons. The number of fused-ring (bicyclic) bond motifs is 2. The molecule has 5 unspecified atom stereocenters. The fourth-order valence-electron chi connectivity index (χ4n) is 2.46. The molecule has 76 valence electrons. The Balaban J connectivity index is 2.34. The molecule has 5 atom stereocenters. The minimum absolute atomic E-state index is 0.247. The Morgan fingerprint density at radius 1 is 1.23 bits per heavy atom. The van der Waals surface area contributed by atoms with Gasteiger partial charge in [-0.2, -0.15) is 0 Å². The zero-order chi connectivity index (χ0) is 9.80. The highest BCUT2D eigenvalue weighted by Gasteiger charge is 2.58. The first kappa shape index (κ1) is 9.36. The van der Waals surface area contributed by atoms with Crippen molar-refractivity contribution in [1.29, 1.82) is 0 Å². The first-order valence-corrected chi connectivity index (χ1v) is 4.48. The summed E-state index contributed by atoms with van der Waals surface area (Å²) in [6, 6.07) is -0.247. The van der Waals surface area contributed by atoms with E-state index in [0.717, 1.165) is 0 Å². The van der Waals surface area contributed by atoms with Crippen molar-refractivity contribution in [1.82, 2.24) is 4.90 Å². The van der Waals surface area contributed by atoms with Gasteiger partial charge in [0.2, 0.25) is 0 Å². The van der Waals surface area contributed by atoms with Crippen molar-refractivity contribution >= 4 is 0 Å². The van der Waals surface area contributed by atoms with Gasteiger partial charge in [-0.1, -0.05) is 0 Å². The van der Waals surface area contributed by atoms with E-state index in [4.69, 9.17) is 0 Å². The van der Waals surface area contributed by atoms with Crippen molar-refractivity contribution in [2.75, 3.05) is 7.05 Å². The third kappa shape index (κ3) is 0.992. The van der Waals surface area contributed by atoms with Crippen LogP contribution < -0.4 is 0 Å². The Morgan fingerprint density at radius 2 is 1.85 bits per heavy atom. The fourth-order valence-corrected chi connectivity index (χ4v) is 2.46. The van der Waals surface area contributed by atoms with Crippen LogP contribution in [0.4, 0.5) is 0 Å². The molecule has 2 aliphatic heterocycles. The number of likely N-dealkylation sites (N-methyl/N-ethyl adjacent to an activating group) is 1. The van der Waals surface area contributed by atoms with E-state index in [1.54, 1.807) is 11.9 Å². The van der Waals surface area contributed by atoms with Gasteiger partial charge in [0, 0.05) is 6.04 Å². The van der Waals surface area contributed by atoms with E-state index in [0.29, 0.717) is 12.8 Å². The van der Waals surface area contributed by atoms with E-state index >= 15 is 0 Å².